The highest BCUT2D eigenvalue weighted by atomic mass is 19.1. The van der Waals surface area contributed by atoms with Gasteiger partial charge in [0.1, 0.15) is 11.9 Å². The van der Waals surface area contributed by atoms with Gasteiger partial charge in [0.25, 0.3) is 0 Å². The number of carbonyl (C=O) groups excluding carboxylic acids is 4. The van der Waals surface area contributed by atoms with E-state index in [0.717, 1.165) is 21.3 Å². The van der Waals surface area contributed by atoms with Crippen molar-refractivity contribution in [2.45, 2.75) is 19.4 Å². The summed E-state index contributed by atoms with van der Waals surface area (Å²) in [6.07, 6.45) is -0.209. The lowest BCUT2D eigenvalue weighted by atomic mass is 9.87. The molecule has 0 heterocycles. The molecule has 0 spiro atoms. The molecule has 0 saturated heterocycles. The van der Waals surface area contributed by atoms with E-state index in [2.05, 4.69) is 19.5 Å². The van der Waals surface area contributed by atoms with Gasteiger partial charge in [-0.2, -0.15) is 0 Å². The lowest BCUT2D eigenvalue weighted by Crippen LogP contribution is -2.51. The predicted molar refractivity (Wildman–Crippen MR) is 90.7 cm³/mol. The molecule has 0 aliphatic carbocycles. The molecule has 0 aliphatic heterocycles. The van der Waals surface area contributed by atoms with E-state index in [0.29, 0.717) is 5.56 Å². The van der Waals surface area contributed by atoms with Crippen LogP contribution in [0.5, 0.6) is 0 Å². The number of ether oxygens (including phenoxy) is 3. The van der Waals surface area contributed by atoms with Crippen molar-refractivity contribution in [3.8, 4) is 0 Å². The van der Waals surface area contributed by atoms with Gasteiger partial charge in [0.15, 0.2) is 5.92 Å². The van der Waals surface area contributed by atoms with E-state index in [1.807, 2.05) is 0 Å². The number of esters is 3. The molecule has 0 saturated carbocycles. The second kappa shape index (κ2) is 10.2. The minimum absolute atomic E-state index is 0.209. The smallest absolute Gasteiger partial charge is 0.328 e. The van der Waals surface area contributed by atoms with E-state index in [-0.39, 0.29) is 6.42 Å². The van der Waals surface area contributed by atoms with Gasteiger partial charge in [0, 0.05) is 5.92 Å². The second-order valence-corrected chi connectivity index (χ2v) is 5.76. The van der Waals surface area contributed by atoms with Crippen LogP contribution < -0.4 is 5.32 Å². The molecular weight excluding hydrogens is 361 g/mol. The standard InChI is InChI=1S/C18H22FNO7/c1-10(14(16(22)25-2)17(23)26-3)15(18(24)27-4)20-13(21)9-11-6-5-7-12(19)8-11/h5-8,10,14-15H,9H2,1-4H3,(H,20,21)/t10-,15-/m1/s1. The number of methoxy groups -OCH3 is 3. The molecule has 148 valence electrons. The van der Waals surface area contributed by atoms with Gasteiger partial charge < -0.3 is 19.5 Å². The lowest BCUT2D eigenvalue weighted by molar-refractivity contribution is -0.163. The van der Waals surface area contributed by atoms with Crippen molar-refractivity contribution in [2.24, 2.45) is 11.8 Å². The molecule has 0 radical (unpaired) electrons. The number of hydrogen-bond donors (Lipinski definition) is 1. The van der Waals surface area contributed by atoms with Gasteiger partial charge in [-0.15, -0.1) is 0 Å². The van der Waals surface area contributed by atoms with Crippen LogP contribution in [-0.4, -0.2) is 51.2 Å². The molecule has 0 unspecified atom stereocenters. The van der Waals surface area contributed by atoms with Gasteiger partial charge >= 0.3 is 17.9 Å². The van der Waals surface area contributed by atoms with Crippen molar-refractivity contribution in [1.29, 1.82) is 0 Å². The fourth-order valence-electron chi connectivity index (χ4n) is 2.56. The van der Waals surface area contributed by atoms with Crippen LogP contribution in [0.2, 0.25) is 0 Å². The van der Waals surface area contributed by atoms with Crippen LogP contribution in [0, 0.1) is 17.7 Å². The quantitative estimate of drug-likeness (QED) is 0.398. The number of halogens is 1. The van der Waals surface area contributed by atoms with Crippen LogP contribution in [0.25, 0.3) is 0 Å². The highest BCUT2D eigenvalue weighted by Crippen LogP contribution is 2.20. The Kier molecular flexibility index (Phi) is 8.37. The number of carbonyl (C=O) groups is 4. The maximum Gasteiger partial charge on any atom is 0.328 e. The van der Waals surface area contributed by atoms with E-state index in [9.17, 15) is 23.6 Å². The van der Waals surface area contributed by atoms with Gasteiger partial charge in [0.05, 0.1) is 27.8 Å². The molecule has 0 bridgehead atoms. The topological polar surface area (TPSA) is 108 Å². The summed E-state index contributed by atoms with van der Waals surface area (Å²) >= 11 is 0. The number of rotatable bonds is 8. The first kappa shape index (κ1) is 22.1. The molecule has 27 heavy (non-hydrogen) atoms. The molecule has 1 aromatic carbocycles. The predicted octanol–water partition coefficient (Wildman–Crippen LogP) is 0.624. The average Bonchev–Trinajstić information content (AvgIpc) is 2.65. The fourth-order valence-corrected chi connectivity index (χ4v) is 2.56. The summed E-state index contributed by atoms with van der Waals surface area (Å²) in [7, 11) is 3.27. The molecule has 0 aliphatic rings. The number of benzene rings is 1. The Hall–Kier alpha value is -2.97. The van der Waals surface area contributed by atoms with Gasteiger partial charge in [-0.05, 0) is 17.7 Å². The Labute approximate surface area is 156 Å². The maximum absolute atomic E-state index is 13.2. The van der Waals surface area contributed by atoms with Crippen molar-refractivity contribution in [3.05, 3.63) is 35.6 Å². The highest BCUT2D eigenvalue weighted by molar-refractivity contribution is 5.96. The minimum Gasteiger partial charge on any atom is -0.468 e. The molecule has 8 nitrogen and oxygen atoms in total. The zero-order valence-corrected chi connectivity index (χ0v) is 15.5. The monoisotopic (exact) mass is 383 g/mol. The van der Waals surface area contributed by atoms with E-state index >= 15 is 0 Å². The van der Waals surface area contributed by atoms with Crippen molar-refractivity contribution >= 4 is 23.8 Å². The molecule has 1 N–H and O–H groups in total. The van der Waals surface area contributed by atoms with Crippen LogP contribution in [0.1, 0.15) is 12.5 Å². The first-order valence-corrected chi connectivity index (χ1v) is 8.02. The van der Waals surface area contributed by atoms with Crippen LogP contribution in [-0.2, 0) is 39.8 Å². The lowest BCUT2D eigenvalue weighted by Gasteiger charge is -2.27. The van der Waals surface area contributed by atoms with Gasteiger partial charge in [-0.1, -0.05) is 19.1 Å². The number of nitrogens with one attached hydrogen (secondary N) is 1. The third kappa shape index (κ3) is 6.05. The largest absolute Gasteiger partial charge is 0.468 e. The van der Waals surface area contributed by atoms with Crippen LogP contribution >= 0.6 is 0 Å². The summed E-state index contributed by atoms with van der Waals surface area (Å²) < 4.78 is 27.1. The molecule has 1 aromatic rings. The molecule has 0 aromatic heterocycles. The molecule has 9 heteroatoms. The number of amides is 1. The SMILES string of the molecule is COC(=O)C(C(=O)OC)[C@@H](C)[C@@H](NC(=O)Cc1cccc(F)c1)C(=O)OC. The maximum atomic E-state index is 13.2. The summed E-state index contributed by atoms with van der Waals surface area (Å²) in [5.74, 6) is -6.27. The summed E-state index contributed by atoms with van der Waals surface area (Å²) in [4.78, 5) is 48.3. The summed E-state index contributed by atoms with van der Waals surface area (Å²) in [6, 6.07) is 4.09. The zero-order valence-electron chi connectivity index (χ0n) is 15.5. The summed E-state index contributed by atoms with van der Waals surface area (Å²) in [5, 5.41) is 2.42. The van der Waals surface area contributed by atoms with E-state index < -0.39 is 47.5 Å². The highest BCUT2D eigenvalue weighted by Gasteiger charge is 2.42. The van der Waals surface area contributed by atoms with Crippen LogP contribution in [0.15, 0.2) is 24.3 Å². The molecule has 1 amide bonds. The van der Waals surface area contributed by atoms with E-state index in [4.69, 9.17) is 0 Å². The van der Waals surface area contributed by atoms with E-state index in [1.165, 1.54) is 25.1 Å². The normalized spacial score (nSPS) is 12.7. The third-order valence-electron chi connectivity index (χ3n) is 3.99. The van der Waals surface area contributed by atoms with Crippen molar-refractivity contribution < 1.29 is 37.8 Å². The average molecular weight is 383 g/mol. The zero-order chi connectivity index (χ0) is 20.6. The Morgan fingerprint density at radius 1 is 1.00 bits per heavy atom. The summed E-state index contributed by atoms with van der Waals surface area (Å²) in [6.45, 7) is 1.41. The van der Waals surface area contributed by atoms with Crippen molar-refractivity contribution in [1.82, 2.24) is 5.32 Å². The minimum atomic E-state index is -1.45. The molecule has 0 fully saturated rings. The van der Waals surface area contributed by atoms with Crippen LogP contribution in [0.4, 0.5) is 4.39 Å². The second-order valence-electron chi connectivity index (χ2n) is 5.76. The Morgan fingerprint density at radius 3 is 2.04 bits per heavy atom. The summed E-state index contributed by atoms with van der Waals surface area (Å²) in [5.41, 5.74) is 0.390. The van der Waals surface area contributed by atoms with Crippen LogP contribution in [0.3, 0.4) is 0 Å². The van der Waals surface area contributed by atoms with Gasteiger partial charge in [-0.25, -0.2) is 9.18 Å². The first-order valence-electron chi connectivity index (χ1n) is 8.02. The first-order chi connectivity index (χ1) is 12.7. The third-order valence-corrected chi connectivity index (χ3v) is 3.99. The molecule has 1 rings (SSSR count). The van der Waals surface area contributed by atoms with Crippen molar-refractivity contribution in [2.75, 3.05) is 21.3 Å². The molecule has 2 atom stereocenters. The Morgan fingerprint density at radius 2 is 1.56 bits per heavy atom. The van der Waals surface area contributed by atoms with Crippen molar-refractivity contribution in [3.63, 3.8) is 0 Å². The van der Waals surface area contributed by atoms with E-state index in [1.54, 1.807) is 6.07 Å². The molecular formula is C18H22FNO7. The Balaban J connectivity index is 3.02. The number of hydrogen-bond acceptors (Lipinski definition) is 7. The Bertz CT molecular complexity index is 691. The van der Waals surface area contributed by atoms with Gasteiger partial charge in [0.2, 0.25) is 5.91 Å². The fraction of sp³-hybridized carbons (Fsp3) is 0.444. The van der Waals surface area contributed by atoms with Gasteiger partial charge in [-0.3, -0.25) is 14.4 Å².